The molecule has 164 valence electrons. The van der Waals surface area contributed by atoms with E-state index in [4.69, 9.17) is 4.74 Å². The number of carbonyl (C=O) groups is 2. The molecule has 2 aliphatic heterocycles. The van der Waals surface area contributed by atoms with Crippen LogP contribution in [-0.4, -0.2) is 42.5 Å². The van der Waals surface area contributed by atoms with Gasteiger partial charge in [0.1, 0.15) is 5.75 Å². The molecule has 0 aromatic heterocycles. The lowest BCUT2D eigenvalue weighted by Gasteiger charge is -2.32. The molecule has 31 heavy (non-hydrogen) atoms. The summed E-state index contributed by atoms with van der Waals surface area (Å²) in [6.45, 7) is 7.64. The van der Waals surface area contributed by atoms with E-state index in [1.54, 1.807) is 11.8 Å². The Morgan fingerprint density at radius 2 is 1.77 bits per heavy atom. The highest BCUT2D eigenvalue weighted by Gasteiger charge is 2.31. The molecule has 0 aliphatic carbocycles. The van der Waals surface area contributed by atoms with E-state index in [1.165, 1.54) is 18.4 Å². The monoisotopic (exact) mass is 421 g/mol. The number of hydrogen-bond acceptors (Lipinski definition) is 4. The summed E-state index contributed by atoms with van der Waals surface area (Å²) in [5.74, 6) is 1.28. The smallest absolute Gasteiger partial charge is 0.267 e. The van der Waals surface area contributed by atoms with Crippen LogP contribution in [0, 0.1) is 5.92 Å². The number of rotatable bonds is 6. The zero-order chi connectivity index (χ0) is 21.8. The largest absolute Gasteiger partial charge is 0.479 e. The fraction of sp³-hybridized carbons (Fsp3) is 0.440. The molecule has 0 saturated carbocycles. The summed E-state index contributed by atoms with van der Waals surface area (Å²) in [7, 11) is 0. The first-order valence-electron chi connectivity index (χ1n) is 11.2. The maximum atomic E-state index is 12.5. The van der Waals surface area contributed by atoms with Gasteiger partial charge in [-0.3, -0.25) is 14.5 Å². The molecule has 0 spiro atoms. The van der Waals surface area contributed by atoms with Crippen molar-refractivity contribution in [3.8, 4) is 5.75 Å². The van der Waals surface area contributed by atoms with E-state index in [-0.39, 0.29) is 18.2 Å². The Bertz CT molecular complexity index is 920. The number of para-hydroxylation sites is 2. The summed E-state index contributed by atoms with van der Waals surface area (Å²) in [5.41, 5.74) is 2.76. The third kappa shape index (κ3) is 5.25. The number of amides is 2. The van der Waals surface area contributed by atoms with Crippen LogP contribution in [0.25, 0.3) is 0 Å². The standard InChI is InChI=1S/C25H31N3O3/c1-18-11-14-27(15-12-18)17-20-7-9-21(10-8-20)26-24(29)13-16-28-22-5-3-4-6-23(22)31-19(2)25(28)30/h3-10,18-19H,11-17H2,1-2H3,(H,26,29). The molecule has 0 bridgehead atoms. The summed E-state index contributed by atoms with van der Waals surface area (Å²) < 4.78 is 5.65. The van der Waals surface area contributed by atoms with Crippen molar-refractivity contribution >= 4 is 23.2 Å². The fourth-order valence-electron chi connectivity index (χ4n) is 4.20. The van der Waals surface area contributed by atoms with Crippen LogP contribution in [-0.2, 0) is 16.1 Å². The number of likely N-dealkylation sites (tertiary alicyclic amines) is 1. The lowest BCUT2D eigenvalue weighted by atomic mass is 9.99. The third-order valence-corrected chi connectivity index (χ3v) is 6.16. The number of nitrogens with one attached hydrogen (secondary N) is 1. The predicted octanol–water partition coefficient (Wildman–Crippen LogP) is 4.06. The normalized spacial score (nSPS) is 19.6. The SMILES string of the molecule is CC1CCN(Cc2ccc(NC(=O)CCN3C(=O)C(C)Oc4ccccc43)cc2)CC1. The van der Waals surface area contributed by atoms with Gasteiger partial charge in [0.2, 0.25) is 5.91 Å². The molecule has 2 amide bonds. The maximum absolute atomic E-state index is 12.5. The Labute approximate surface area is 184 Å². The van der Waals surface area contributed by atoms with Gasteiger partial charge in [0.25, 0.3) is 5.91 Å². The van der Waals surface area contributed by atoms with Crippen molar-refractivity contribution in [3.05, 3.63) is 54.1 Å². The summed E-state index contributed by atoms with van der Waals surface area (Å²) in [5, 5.41) is 2.95. The molecule has 2 aliphatic rings. The predicted molar refractivity (Wildman–Crippen MR) is 122 cm³/mol. The quantitative estimate of drug-likeness (QED) is 0.764. The van der Waals surface area contributed by atoms with Crippen molar-refractivity contribution in [1.82, 2.24) is 4.90 Å². The van der Waals surface area contributed by atoms with Crippen LogP contribution in [0.2, 0.25) is 0 Å². The van der Waals surface area contributed by atoms with Gasteiger partial charge in [-0.2, -0.15) is 0 Å². The summed E-state index contributed by atoms with van der Waals surface area (Å²) in [6, 6.07) is 15.5. The van der Waals surface area contributed by atoms with Crippen LogP contribution in [0.1, 0.15) is 38.7 Å². The second-order valence-electron chi connectivity index (χ2n) is 8.67. The van der Waals surface area contributed by atoms with E-state index >= 15 is 0 Å². The molecule has 2 heterocycles. The number of benzene rings is 2. The number of nitrogens with zero attached hydrogens (tertiary/aromatic N) is 2. The second kappa shape index (κ2) is 9.52. The first-order valence-corrected chi connectivity index (χ1v) is 11.2. The number of hydrogen-bond donors (Lipinski definition) is 1. The van der Waals surface area contributed by atoms with Crippen LogP contribution < -0.4 is 15.0 Å². The first-order chi connectivity index (χ1) is 15.0. The number of piperidine rings is 1. The molecule has 4 rings (SSSR count). The highest BCUT2D eigenvalue weighted by molar-refractivity contribution is 6.00. The Morgan fingerprint density at radius 3 is 2.52 bits per heavy atom. The minimum Gasteiger partial charge on any atom is -0.479 e. The molecule has 6 heteroatoms. The fourth-order valence-corrected chi connectivity index (χ4v) is 4.20. The molecule has 0 radical (unpaired) electrons. The van der Waals surface area contributed by atoms with Gasteiger partial charge in [-0.05, 0) is 68.6 Å². The van der Waals surface area contributed by atoms with Crippen LogP contribution in [0.3, 0.4) is 0 Å². The first kappa shape index (κ1) is 21.4. The average Bonchev–Trinajstić information content (AvgIpc) is 2.77. The van der Waals surface area contributed by atoms with Crippen molar-refractivity contribution in [2.75, 3.05) is 29.9 Å². The Morgan fingerprint density at radius 1 is 1.06 bits per heavy atom. The summed E-state index contributed by atoms with van der Waals surface area (Å²) >= 11 is 0. The Balaban J connectivity index is 1.29. The van der Waals surface area contributed by atoms with Gasteiger partial charge in [0, 0.05) is 25.2 Å². The minimum absolute atomic E-state index is 0.109. The minimum atomic E-state index is -0.548. The third-order valence-electron chi connectivity index (χ3n) is 6.16. The lowest BCUT2D eigenvalue weighted by Crippen LogP contribution is -2.45. The van der Waals surface area contributed by atoms with Gasteiger partial charge in [-0.15, -0.1) is 0 Å². The van der Waals surface area contributed by atoms with Gasteiger partial charge in [0.05, 0.1) is 5.69 Å². The number of fused-ring (bicyclic) bond motifs is 1. The molecule has 6 nitrogen and oxygen atoms in total. The van der Waals surface area contributed by atoms with Crippen LogP contribution >= 0.6 is 0 Å². The van der Waals surface area contributed by atoms with Crippen molar-refractivity contribution < 1.29 is 14.3 Å². The number of anilines is 2. The van der Waals surface area contributed by atoms with Crippen LogP contribution in [0.5, 0.6) is 5.75 Å². The van der Waals surface area contributed by atoms with Gasteiger partial charge in [-0.1, -0.05) is 31.2 Å². The zero-order valence-electron chi connectivity index (χ0n) is 18.3. The molecule has 1 saturated heterocycles. The van der Waals surface area contributed by atoms with E-state index in [1.807, 2.05) is 36.4 Å². The van der Waals surface area contributed by atoms with Crippen molar-refractivity contribution in [3.63, 3.8) is 0 Å². The van der Waals surface area contributed by atoms with E-state index in [9.17, 15) is 9.59 Å². The van der Waals surface area contributed by atoms with Crippen LogP contribution in [0.4, 0.5) is 11.4 Å². The molecule has 1 unspecified atom stereocenters. The molecule has 2 aromatic rings. The summed E-state index contributed by atoms with van der Waals surface area (Å²) in [6.07, 6.45) is 2.21. The van der Waals surface area contributed by atoms with E-state index < -0.39 is 6.10 Å². The lowest BCUT2D eigenvalue weighted by molar-refractivity contribution is -0.125. The number of ether oxygens (including phenoxy) is 1. The van der Waals surface area contributed by atoms with Gasteiger partial charge in [-0.25, -0.2) is 0 Å². The highest BCUT2D eigenvalue weighted by atomic mass is 16.5. The van der Waals surface area contributed by atoms with E-state index in [0.717, 1.165) is 36.9 Å². The van der Waals surface area contributed by atoms with Crippen molar-refractivity contribution in [2.45, 2.75) is 45.8 Å². The summed E-state index contributed by atoms with van der Waals surface area (Å²) in [4.78, 5) is 29.2. The molecular formula is C25H31N3O3. The molecule has 2 aromatic carbocycles. The van der Waals surface area contributed by atoms with Crippen molar-refractivity contribution in [1.29, 1.82) is 0 Å². The topological polar surface area (TPSA) is 61.9 Å². The van der Waals surface area contributed by atoms with Gasteiger partial charge < -0.3 is 15.0 Å². The van der Waals surface area contributed by atoms with Crippen molar-refractivity contribution in [2.24, 2.45) is 5.92 Å². The highest BCUT2D eigenvalue weighted by Crippen LogP contribution is 2.33. The molecule has 1 atom stereocenters. The second-order valence-corrected chi connectivity index (χ2v) is 8.67. The van der Waals surface area contributed by atoms with Gasteiger partial charge in [0.15, 0.2) is 6.10 Å². The van der Waals surface area contributed by atoms with E-state index in [0.29, 0.717) is 12.3 Å². The number of carbonyl (C=O) groups excluding carboxylic acids is 2. The zero-order valence-corrected chi connectivity index (χ0v) is 18.3. The Hall–Kier alpha value is -2.86. The maximum Gasteiger partial charge on any atom is 0.267 e. The molecule has 1 fully saturated rings. The van der Waals surface area contributed by atoms with E-state index in [2.05, 4.69) is 29.3 Å². The Kier molecular flexibility index (Phi) is 6.56. The van der Waals surface area contributed by atoms with Crippen LogP contribution in [0.15, 0.2) is 48.5 Å². The molecular weight excluding hydrogens is 390 g/mol. The average molecular weight is 422 g/mol. The molecule has 1 N–H and O–H groups in total. The van der Waals surface area contributed by atoms with Gasteiger partial charge >= 0.3 is 0 Å².